The normalized spacial score (nSPS) is 10.4. The molecule has 0 amide bonds. The molecule has 5 heteroatoms. The maximum absolute atomic E-state index is 8.94. The van der Waals surface area contributed by atoms with Crippen molar-refractivity contribution in [1.82, 2.24) is 9.55 Å². The minimum Gasteiger partial charge on any atom is -0.395 e. The molecule has 0 saturated heterocycles. The van der Waals surface area contributed by atoms with Gasteiger partial charge in [-0.1, -0.05) is 6.07 Å². The lowest BCUT2D eigenvalue weighted by Crippen LogP contribution is -2.06. The SMILES string of the molecule is N#Cc1cccc2nc(N)n(CCO)c12. The summed E-state index contributed by atoms with van der Waals surface area (Å²) in [7, 11) is 0. The minimum absolute atomic E-state index is 0.0323. The van der Waals surface area contributed by atoms with E-state index in [0.717, 1.165) is 0 Å². The van der Waals surface area contributed by atoms with Gasteiger partial charge in [0.05, 0.1) is 23.2 Å². The van der Waals surface area contributed by atoms with Gasteiger partial charge in [0.25, 0.3) is 0 Å². The largest absolute Gasteiger partial charge is 0.395 e. The predicted octanol–water partition coefficient (Wildman–Crippen LogP) is 0.482. The van der Waals surface area contributed by atoms with Crippen molar-refractivity contribution < 1.29 is 5.11 Å². The van der Waals surface area contributed by atoms with Gasteiger partial charge in [-0.05, 0) is 12.1 Å². The van der Waals surface area contributed by atoms with Crippen LogP contribution in [0.5, 0.6) is 0 Å². The van der Waals surface area contributed by atoms with E-state index in [1.807, 2.05) is 0 Å². The fraction of sp³-hybridized carbons (Fsp3) is 0.200. The summed E-state index contributed by atoms with van der Waals surface area (Å²) in [6.07, 6.45) is 0. The Labute approximate surface area is 86.4 Å². The van der Waals surface area contributed by atoms with Crippen molar-refractivity contribution in [2.24, 2.45) is 0 Å². The van der Waals surface area contributed by atoms with E-state index in [1.165, 1.54) is 0 Å². The molecule has 0 bridgehead atoms. The second-order valence-electron chi connectivity index (χ2n) is 3.13. The first-order valence-corrected chi connectivity index (χ1v) is 4.53. The summed E-state index contributed by atoms with van der Waals surface area (Å²) in [4.78, 5) is 4.12. The fourth-order valence-corrected chi connectivity index (χ4v) is 1.62. The Morgan fingerprint density at radius 1 is 1.53 bits per heavy atom. The van der Waals surface area contributed by atoms with Crippen LogP contribution in [0.1, 0.15) is 5.56 Å². The molecule has 0 fully saturated rings. The van der Waals surface area contributed by atoms with Crippen LogP contribution in [0.4, 0.5) is 5.95 Å². The van der Waals surface area contributed by atoms with Crippen molar-refractivity contribution in [2.45, 2.75) is 6.54 Å². The Hall–Kier alpha value is -2.06. The quantitative estimate of drug-likeness (QED) is 0.741. The summed E-state index contributed by atoms with van der Waals surface area (Å²) >= 11 is 0. The van der Waals surface area contributed by atoms with E-state index in [2.05, 4.69) is 11.1 Å². The number of para-hydroxylation sites is 1. The van der Waals surface area contributed by atoms with Crippen LogP contribution in [0.15, 0.2) is 18.2 Å². The van der Waals surface area contributed by atoms with Crippen molar-refractivity contribution in [2.75, 3.05) is 12.3 Å². The third-order valence-electron chi connectivity index (χ3n) is 2.24. The summed E-state index contributed by atoms with van der Waals surface area (Å²) in [5.41, 5.74) is 7.58. The summed E-state index contributed by atoms with van der Waals surface area (Å²) in [5.74, 6) is 0.321. The molecule has 15 heavy (non-hydrogen) atoms. The van der Waals surface area contributed by atoms with Gasteiger partial charge in [0, 0.05) is 6.54 Å². The maximum atomic E-state index is 8.94. The molecule has 3 N–H and O–H groups in total. The van der Waals surface area contributed by atoms with Gasteiger partial charge in [0.2, 0.25) is 5.95 Å². The maximum Gasteiger partial charge on any atom is 0.201 e. The van der Waals surface area contributed by atoms with E-state index in [-0.39, 0.29) is 6.61 Å². The van der Waals surface area contributed by atoms with Gasteiger partial charge in [-0.25, -0.2) is 4.98 Å². The predicted molar refractivity (Wildman–Crippen MR) is 55.9 cm³/mol. The second-order valence-corrected chi connectivity index (χ2v) is 3.13. The van der Waals surface area contributed by atoms with Crippen LogP contribution in [-0.2, 0) is 6.54 Å². The molecule has 5 nitrogen and oxygen atoms in total. The van der Waals surface area contributed by atoms with Crippen LogP contribution in [0.2, 0.25) is 0 Å². The Kier molecular flexibility index (Phi) is 2.27. The first-order valence-electron chi connectivity index (χ1n) is 4.53. The van der Waals surface area contributed by atoms with Crippen molar-refractivity contribution >= 4 is 17.0 Å². The zero-order valence-electron chi connectivity index (χ0n) is 8.01. The number of nitrogens with zero attached hydrogens (tertiary/aromatic N) is 3. The number of aliphatic hydroxyl groups excluding tert-OH is 1. The summed E-state index contributed by atoms with van der Waals surface area (Å²) in [6, 6.07) is 7.34. The van der Waals surface area contributed by atoms with Crippen LogP contribution in [0.3, 0.4) is 0 Å². The van der Waals surface area contributed by atoms with E-state index < -0.39 is 0 Å². The average molecular weight is 202 g/mol. The molecule has 0 aliphatic carbocycles. The van der Waals surface area contributed by atoms with E-state index in [4.69, 9.17) is 16.1 Å². The highest BCUT2D eigenvalue weighted by atomic mass is 16.3. The lowest BCUT2D eigenvalue weighted by atomic mass is 10.2. The van der Waals surface area contributed by atoms with Gasteiger partial charge in [-0.15, -0.1) is 0 Å². The molecule has 0 spiro atoms. The number of hydrogen-bond acceptors (Lipinski definition) is 4. The Morgan fingerprint density at radius 2 is 2.33 bits per heavy atom. The molecule has 2 aromatic rings. The molecule has 0 aliphatic rings. The number of aliphatic hydroxyl groups is 1. The summed E-state index contributed by atoms with van der Waals surface area (Å²) in [6.45, 7) is 0.316. The van der Waals surface area contributed by atoms with Crippen molar-refractivity contribution in [3.63, 3.8) is 0 Å². The molecule has 1 heterocycles. The number of imidazole rings is 1. The highest BCUT2D eigenvalue weighted by Gasteiger charge is 2.10. The lowest BCUT2D eigenvalue weighted by molar-refractivity contribution is 0.278. The monoisotopic (exact) mass is 202 g/mol. The molecular formula is C10H10N4O. The van der Waals surface area contributed by atoms with Gasteiger partial charge in [-0.2, -0.15) is 5.26 Å². The topological polar surface area (TPSA) is 87.9 Å². The van der Waals surface area contributed by atoms with Crippen LogP contribution < -0.4 is 5.73 Å². The van der Waals surface area contributed by atoms with E-state index in [9.17, 15) is 0 Å². The Morgan fingerprint density at radius 3 is 3.00 bits per heavy atom. The van der Waals surface area contributed by atoms with Crippen LogP contribution >= 0.6 is 0 Å². The van der Waals surface area contributed by atoms with Crippen molar-refractivity contribution in [1.29, 1.82) is 5.26 Å². The van der Waals surface area contributed by atoms with Crippen LogP contribution in [0, 0.1) is 11.3 Å². The van der Waals surface area contributed by atoms with E-state index in [1.54, 1.807) is 22.8 Å². The van der Waals surface area contributed by atoms with Crippen LogP contribution in [-0.4, -0.2) is 21.3 Å². The smallest absolute Gasteiger partial charge is 0.201 e. The molecule has 0 radical (unpaired) electrons. The Balaban J connectivity index is 2.78. The number of anilines is 1. The van der Waals surface area contributed by atoms with E-state index in [0.29, 0.717) is 29.1 Å². The van der Waals surface area contributed by atoms with Crippen molar-refractivity contribution in [3.05, 3.63) is 23.8 Å². The average Bonchev–Trinajstić information content (AvgIpc) is 2.56. The fourth-order valence-electron chi connectivity index (χ4n) is 1.62. The number of rotatable bonds is 2. The minimum atomic E-state index is -0.0323. The van der Waals surface area contributed by atoms with Gasteiger partial charge < -0.3 is 15.4 Å². The highest BCUT2D eigenvalue weighted by Crippen LogP contribution is 2.20. The number of hydrogen-bond donors (Lipinski definition) is 2. The van der Waals surface area contributed by atoms with Gasteiger partial charge >= 0.3 is 0 Å². The number of benzene rings is 1. The van der Waals surface area contributed by atoms with Gasteiger partial charge in [0.1, 0.15) is 6.07 Å². The third-order valence-corrected chi connectivity index (χ3v) is 2.24. The molecule has 1 aromatic heterocycles. The molecule has 76 valence electrons. The number of nitriles is 1. The standard InChI is InChI=1S/C10H10N4O/c11-6-7-2-1-3-8-9(7)14(4-5-15)10(12)13-8/h1-3,15H,4-5H2,(H2,12,13). The second kappa shape index (κ2) is 3.59. The van der Waals surface area contributed by atoms with Crippen LogP contribution in [0.25, 0.3) is 11.0 Å². The Bertz CT molecular complexity index is 538. The zero-order chi connectivity index (χ0) is 10.8. The summed E-state index contributed by atoms with van der Waals surface area (Å²) < 4.78 is 1.65. The molecule has 0 aliphatic heterocycles. The summed E-state index contributed by atoms with van der Waals surface area (Å²) in [5, 5.41) is 17.8. The molecule has 0 unspecified atom stereocenters. The third kappa shape index (κ3) is 1.41. The van der Waals surface area contributed by atoms with Crippen molar-refractivity contribution in [3.8, 4) is 6.07 Å². The molecule has 0 atom stereocenters. The first kappa shape index (κ1) is 9.49. The lowest BCUT2D eigenvalue weighted by Gasteiger charge is -2.03. The highest BCUT2D eigenvalue weighted by molar-refractivity contribution is 5.84. The molecule has 1 aromatic carbocycles. The van der Waals surface area contributed by atoms with E-state index >= 15 is 0 Å². The molecule has 2 rings (SSSR count). The first-order chi connectivity index (χ1) is 7.27. The number of aromatic nitrogens is 2. The molecular weight excluding hydrogens is 192 g/mol. The number of nitrogen functional groups attached to an aromatic ring is 1. The van der Waals surface area contributed by atoms with Gasteiger partial charge in [-0.3, -0.25) is 0 Å². The molecule has 0 saturated carbocycles. The zero-order valence-corrected chi connectivity index (χ0v) is 8.01. The number of fused-ring (bicyclic) bond motifs is 1. The number of nitrogens with two attached hydrogens (primary N) is 1. The van der Waals surface area contributed by atoms with Gasteiger partial charge in [0.15, 0.2) is 0 Å².